The van der Waals surface area contributed by atoms with Gasteiger partial charge < -0.3 is 20.2 Å². The highest BCUT2D eigenvalue weighted by molar-refractivity contribution is 5.80. The lowest BCUT2D eigenvalue weighted by atomic mass is 9.84. The van der Waals surface area contributed by atoms with Crippen molar-refractivity contribution in [2.45, 2.75) is 39.3 Å². The van der Waals surface area contributed by atoms with E-state index in [0.717, 1.165) is 18.9 Å². The van der Waals surface area contributed by atoms with Gasteiger partial charge in [-0.25, -0.2) is 9.97 Å². The van der Waals surface area contributed by atoms with Crippen molar-refractivity contribution in [1.82, 2.24) is 15.0 Å². The predicted molar refractivity (Wildman–Crippen MR) is 134 cm³/mol. The molecule has 11 heteroatoms. The smallest absolute Gasteiger partial charge is 0.417 e. The van der Waals surface area contributed by atoms with Crippen LogP contribution in [0.25, 0.3) is 22.6 Å². The van der Waals surface area contributed by atoms with E-state index in [9.17, 15) is 22.8 Å². The zero-order valence-electron chi connectivity index (χ0n) is 21.1. The highest BCUT2D eigenvalue weighted by Crippen LogP contribution is 2.37. The van der Waals surface area contributed by atoms with Crippen molar-refractivity contribution >= 4 is 5.91 Å². The van der Waals surface area contributed by atoms with Gasteiger partial charge in [-0.1, -0.05) is 19.9 Å². The molecule has 1 aliphatic rings. The summed E-state index contributed by atoms with van der Waals surface area (Å²) in [7, 11) is 0. The van der Waals surface area contributed by atoms with Gasteiger partial charge in [0.25, 0.3) is 5.56 Å². The van der Waals surface area contributed by atoms with Gasteiger partial charge in [0.05, 0.1) is 17.9 Å². The number of ether oxygens (including phenoxy) is 2. The molecule has 3 N–H and O–H groups in total. The fourth-order valence-electron chi connectivity index (χ4n) is 4.21. The van der Waals surface area contributed by atoms with Crippen LogP contribution in [0.3, 0.4) is 0 Å². The van der Waals surface area contributed by atoms with E-state index in [2.05, 4.69) is 15.0 Å². The molecular weight excluding hydrogens is 501 g/mol. The van der Waals surface area contributed by atoms with Gasteiger partial charge in [-0.15, -0.1) is 0 Å². The molecule has 1 amide bonds. The molecule has 0 spiro atoms. The van der Waals surface area contributed by atoms with Crippen molar-refractivity contribution in [1.29, 1.82) is 0 Å². The number of nitrogens with two attached hydrogens (primary N) is 1. The number of carbonyl (C=O) groups excluding carboxylic acids is 1. The molecule has 202 valence electrons. The summed E-state index contributed by atoms with van der Waals surface area (Å²) < 4.78 is 52.8. The maximum atomic E-state index is 13.9. The van der Waals surface area contributed by atoms with Crippen LogP contribution >= 0.6 is 0 Å². The minimum Gasteiger partial charge on any atom is -0.477 e. The molecule has 38 heavy (non-hydrogen) atoms. The highest BCUT2D eigenvalue weighted by atomic mass is 19.4. The van der Waals surface area contributed by atoms with Crippen LogP contribution < -0.4 is 16.0 Å². The van der Waals surface area contributed by atoms with Crippen molar-refractivity contribution in [2.75, 3.05) is 19.8 Å². The number of aromatic amines is 1. The fourth-order valence-corrected chi connectivity index (χ4v) is 4.21. The van der Waals surface area contributed by atoms with Gasteiger partial charge in [0.1, 0.15) is 5.82 Å². The van der Waals surface area contributed by atoms with Crippen molar-refractivity contribution in [3.63, 3.8) is 0 Å². The second-order valence-corrected chi connectivity index (χ2v) is 10.0. The Kier molecular flexibility index (Phi) is 7.86. The number of halogens is 3. The minimum absolute atomic E-state index is 0.108. The number of nitrogens with one attached hydrogen (secondary N) is 1. The van der Waals surface area contributed by atoms with Crippen LogP contribution in [0.1, 0.15) is 37.8 Å². The number of amides is 1. The Morgan fingerprint density at radius 3 is 2.53 bits per heavy atom. The molecule has 8 nitrogen and oxygen atoms in total. The Morgan fingerprint density at radius 2 is 1.89 bits per heavy atom. The number of pyridine rings is 1. The normalized spacial score (nSPS) is 14.9. The van der Waals surface area contributed by atoms with Crippen LogP contribution in [0.15, 0.2) is 47.4 Å². The molecule has 0 unspecified atom stereocenters. The summed E-state index contributed by atoms with van der Waals surface area (Å²) in [6, 6.07) is 7.96. The summed E-state index contributed by atoms with van der Waals surface area (Å²) >= 11 is 0. The summed E-state index contributed by atoms with van der Waals surface area (Å²) in [5, 5.41) is 0. The van der Waals surface area contributed by atoms with E-state index in [4.69, 9.17) is 15.2 Å². The lowest BCUT2D eigenvalue weighted by Crippen LogP contribution is -2.33. The maximum Gasteiger partial charge on any atom is 0.417 e. The molecule has 4 rings (SSSR count). The molecular formula is C27H29F3N4O4. The fraction of sp³-hybridized carbons (Fsp3) is 0.407. The number of rotatable bonds is 8. The number of hydrogen-bond donors (Lipinski definition) is 2. The Morgan fingerprint density at radius 1 is 1.16 bits per heavy atom. The molecule has 3 aromatic rings. The van der Waals surface area contributed by atoms with Crippen LogP contribution in [0, 0.1) is 11.3 Å². The number of primary amides is 1. The van der Waals surface area contributed by atoms with E-state index < -0.39 is 28.6 Å². The van der Waals surface area contributed by atoms with Crippen LogP contribution in [-0.4, -0.2) is 40.7 Å². The molecule has 1 aromatic carbocycles. The SMILES string of the molecule is CC(C)(Cc1ccc(C(F)(F)F)c(-c2nc(-c3ccc(OCC4CCOCC4)nc3)cc(=O)[nH]2)c1)C(N)=O. The molecule has 0 radical (unpaired) electrons. The van der Waals surface area contributed by atoms with Gasteiger partial charge in [0.15, 0.2) is 0 Å². The van der Waals surface area contributed by atoms with Gasteiger partial charge in [-0.2, -0.15) is 13.2 Å². The molecule has 0 bridgehead atoms. The first kappa shape index (κ1) is 27.3. The average Bonchev–Trinajstić information content (AvgIpc) is 2.87. The summed E-state index contributed by atoms with van der Waals surface area (Å²) in [5.74, 6) is -0.0535. The molecule has 0 saturated carbocycles. The zero-order chi connectivity index (χ0) is 27.5. The molecule has 0 atom stereocenters. The molecule has 2 aromatic heterocycles. The predicted octanol–water partition coefficient (Wildman–Crippen LogP) is 4.38. The second kappa shape index (κ2) is 10.9. The number of aromatic nitrogens is 3. The third-order valence-electron chi connectivity index (χ3n) is 6.54. The summed E-state index contributed by atoms with van der Waals surface area (Å²) in [5.41, 5.74) is 3.60. The van der Waals surface area contributed by atoms with Crippen LogP contribution in [0.5, 0.6) is 5.88 Å². The molecule has 0 aliphatic carbocycles. The number of hydrogen-bond acceptors (Lipinski definition) is 6. The van der Waals surface area contributed by atoms with Crippen molar-refractivity contribution in [3.8, 4) is 28.5 Å². The number of carbonyl (C=O) groups is 1. The summed E-state index contributed by atoms with van der Waals surface area (Å²) in [6.07, 6.45) is -1.30. The van der Waals surface area contributed by atoms with Crippen molar-refractivity contribution < 1.29 is 27.4 Å². The Labute approximate surface area is 217 Å². The van der Waals surface area contributed by atoms with Gasteiger partial charge in [-0.3, -0.25) is 9.59 Å². The van der Waals surface area contributed by atoms with E-state index in [1.165, 1.54) is 24.4 Å². The van der Waals surface area contributed by atoms with E-state index >= 15 is 0 Å². The van der Waals surface area contributed by atoms with Crippen LogP contribution in [0.2, 0.25) is 0 Å². The van der Waals surface area contributed by atoms with Crippen LogP contribution in [0.4, 0.5) is 13.2 Å². The lowest BCUT2D eigenvalue weighted by Gasteiger charge is -2.22. The number of alkyl halides is 3. The third-order valence-corrected chi connectivity index (χ3v) is 6.54. The Hall–Kier alpha value is -3.73. The quantitative estimate of drug-likeness (QED) is 0.446. The number of H-pyrrole nitrogens is 1. The van der Waals surface area contributed by atoms with E-state index in [0.29, 0.717) is 42.7 Å². The van der Waals surface area contributed by atoms with Crippen molar-refractivity contribution in [2.24, 2.45) is 17.1 Å². The molecule has 1 fully saturated rings. The first-order chi connectivity index (χ1) is 17.9. The second-order valence-electron chi connectivity index (χ2n) is 10.0. The summed E-state index contributed by atoms with van der Waals surface area (Å²) in [4.78, 5) is 35.2. The molecule has 1 saturated heterocycles. The van der Waals surface area contributed by atoms with E-state index in [-0.39, 0.29) is 23.5 Å². The molecule has 1 aliphatic heterocycles. The van der Waals surface area contributed by atoms with E-state index in [1.807, 2.05) is 0 Å². The Balaban J connectivity index is 1.64. The van der Waals surface area contributed by atoms with E-state index in [1.54, 1.807) is 26.0 Å². The largest absolute Gasteiger partial charge is 0.477 e. The zero-order valence-corrected chi connectivity index (χ0v) is 21.1. The topological polar surface area (TPSA) is 120 Å². The lowest BCUT2D eigenvalue weighted by molar-refractivity contribution is -0.137. The monoisotopic (exact) mass is 530 g/mol. The highest BCUT2D eigenvalue weighted by Gasteiger charge is 2.35. The first-order valence-electron chi connectivity index (χ1n) is 12.2. The number of nitrogens with zero attached hydrogens (tertiary/aromatic N) is 2. The van der Waals surface area contributed by atoms with Crippen molar-refractivity contribution in [3.05, 3.63) is 64.1 Å². The summed E-state index contributed by atoms with van der Waals surface area (Å²) in [6.45, 7) is 5.14. The minimum atomic E-state index is -4.70. The van der Waals surface area contributed by atoms with Gasteiger partial charge >= 0.3 is 6.18 Å². The van der Waals surface area contributed by atoms with Gasteiger partial charge in [0, 0.05) is 48.1 Å². The van der Waals surface area contributed by atoms with Gasteiger partial charge in [-0.05, 0) is 48.9 Å². The Bertz CT molecular complexity index is 1350. The average molecular weight is 531 g/mol. The maximum absolute atomic E-state index is 13.9. The number of benzene rings is 1. The standard InChI is InChI=1S/C27H29F3N4O4/c1-26(2,25(31)36)13-17-3-5-20(27(28,29)30)19(11-17)24-33-21(12-22(35)34-24)18-4-6-23(32-14-18)38-15-16-7-9-37-10-8-16/h3-6,11-12,14,16H,7-10,13,15H2,1-2H3,(H2,31,36)(H,33,34,35). The molecule has 3 heterocycles. The first-order valence-corrected chi connectivity index (χ1v) is 12.2. The van der Waals surface area contributed by atoms with Gasteiger partial charge in [0.2, 0.25) is 11.8 Å². The third kappa shape index (κ3) is 6.58. The van der Waals surface area contributed by atoms with Crippen LogP contribution in [-0.2, 0) is 22.1 Å².